The van der Waals surface area contributed by atoms with Crippen molar-refractivity contribution in [2.75, 3.05) is 26.0 Å². The number of pyridine rings is 1. The maximum absolute atomic E-state index is 12.6. The Morgan fingerprint density at radius 2 is 2.13 bits per heavy atom. The number of nitrogens with one attached hydrogen (secondary N) is 1. The minimum absolute atomic E-state index is 0.0914. The molecule has 0 saturated carbocycles. The Hall–Kier alpha value is -2.27. The van der Waals surface area contributed by atoms with Gasteiger partial charge in [0, 0.05) is 43.0 Å². The quantitative estimate of drug-likeness (QED) is 0.879. The number of anilines is 1. The van der Waals surface area contributed by atoms with Crippen molar-refractivity contribution in [2.24, 2.45) is 0 Å². The molecule has 0 radical (unpaired) electrons. The molecule has 0 aliphatic carbocycles. The van der Waals surface area contributed by atoms with Crippen LogP contribution in [0.5, 0.6) is 5.75 Å². The second kappa shape index (κ2) is 7.83. The van der Waals surface area contributed by atoms with Gasteiger partial charge < -0.3 is 15.0 Å². The zero-order chi connectivity index (χ0) is 16.8. The van der Waals surface area contributed by atoms with Crippen molar-refractivity contribution in [2.45, 2.75) is 13.5 Å². The molecule has 5 nitrogen and oxygen atoms in total. The number of carbonyl (C=O) groups is 1. The monoisotopic (exact) mass is 333 g/mol. The Balaban J connectivity index is 2.19. The third-order valence-corrected chi connectivity index (χ3v) is 3.57. The number of benzene rings is 1. The van der Waals surface area contributed by atoms with E-state index in [4.69, 9.17) is 16.3 Å². The van der Waals surface area contributed by atoms with Crippen molar-refractivity contribution in [1.29, 1.82) is 0 Å². The van der Waals surface area contributed by atoms with Crippen LogP contribution in [0, 0.1) is 0 Å². The lowest BCUT2D eigenvalue weighted by Crippen LogP contribution is -2.26. The SMILES string of the molecule is CCOc1ccc(Cl)cc1CN(C)C(=O)c1ccnc(NC)c1. The molecule has 0 fully saturated rings. The van der Waals surface area contributed by atoms with E-state index in [-0.39, 0.29) is 5.91 Å². The van der Waals surface area contributed by atoms with Crippen molar-refractivity contribution >= 4 is 23.3 Å². The van der Waals surface area contributed by atoms with Gasteiger partial charge in [-0.1, -0.05) is 11.6 Å². The highest BCUT2D eigenvalue weighted by molar-refractivity contribution is 6.30. The first-order chi connectivity index (χ1) is 11.0. The maximum atomic E-state index is 12.6. The van der Waals surface area contributed by atoms with Gasteiger partial charge in [-0.05, 0) is 37.3 Å². The molecule has 23 heavy (non-hydrogen) atoms. The highest BCUT2D eigenvalue weighted by Crippen LogP contribution is 2.24. The Kier molecular flexibility index (Phi) is 5.82. The summed E-state index contributed by atoms with van der Waals surface area (Å²) in [6.07, 6.45) is 1.61. The Morgan fingerprint density at radius 3 is 2.83 bits per heavy atom. The minimum Gasteiger partial charge on any atom is -0.494 e. The lowest BCUT2D eigenvalue weighted by atomic mass is 10.1. The third-order valence-electron chi connectivity index (χ3n) is 3.34. The molecular weight excluding hydrogens is 314 g/mol. The Bertz CT molecular complexity index is 691. The molecule has 1 aromatic carbocycles. The second-order valence-corrected chi connectivity index (χ2v) is 5.46. The van der Waals surface area contributed by atoms with Gasteiger partial charge >= 0.3 is 0 Å². The summed E-state index contributed by atoms with van der Waals surface area (Å²) in [6.45, 7) is 2.89. The molecule has 1 aromatic heterocycles. The molecule has 0 saturated heterocycles. The molecule has 0 bridgehead atoms. The van der Waals surface area contributed by atoms with E-state index in [0.717, 1.165) is 11.3 Å². The molecule has 6 heteroatoms. The summed E-state index contributed by atoms with van der Waals surface area (Å²) in [5.74, 6) is 1.30. The predicted molar refractivity (Wildman–Crippen MR) is 92.2 cm³/mol. The van der Waals surface area contributed by atoms with Gasteiger partial charge in [0.05, 0.1) is 6.61 Å². The molecule has 122 valence electrons. The van der Waals surface area contributed by atoms with Crippen LogP contribution in [0.25, 0.3) is 0 Å². The first-order valence-electron chi connectivity index (χ1n) is 7.35. The average Bonchev–Trinajstić information content (AvgIpc) is 2.56. The van der Waals surface area contributed by atoms with Gasteiger partial charge in [-0.2, -0.15) is 0 Å². The van der Waals surface area contributed by atoms with Crippen LogP contribution < -0.4 is 10.1 Å². The first kappa shape index (κ1) is 17.1. The lowest BCUT2D eigenvalue weighted by molar-refractivity contribution is 0.0784. The van der Waals surface area contributed by atoms with Crippen LogP contribution in [0.1, 0.15) is 22.8 Å². The van der Waals surface area contributed by atoms with E-state index in [1.54, 1.807) is 43.4 Å². The fourth-order valence-electron chi connectivity index (χ4n) is 2.22. The number of aromatic nitrogens is 1. The molecular formula is C17H20ClN3O2. The number of carbonyl (C=O) groups excluding carboxylic acids is 1. The molecule has 0 spiro atoms. The zero-order valence-electron chi connectivity index (χ0n) is 13.5. The van der Waals surface area contributed by atoms with Crippen molar-refractivity contribution in [3.63, 3.8) is 0 Å². The van der Waals surface area contributed by atoms with E-state index < -0.39 is 0 Å². The number of hydrogen-bond acceptors (Lipinski definition) is 4. The second-order valence-electron chi connectivity index (χ2n) is 5.03. The standard InChI is InChI=1S/C17H20ClN3O2/c1-4-23-15-6-5-14(18)9-13(15)11-21(3)17(22)12-7-8-20-16(10-12)19-2/h5-10H,4,11H2,1-3H3,(H,19,20). The molecule has 0 aliphatic rings. The third kappa shape index (κ3) is 4.36. The van der Waals surface area contributed by atoms with Crippen molar-refractivity contribution in [1.82, 2.24) is 9.88 Å². The molecule has 0 unspecified atom stereocenters. The van der Waals surface area contributed by atoms with Gasteiger partial charge in [-0.15, -0.1) is 0 Å². The van der Waals surface area contributed by atoms with E-state index in [9.17, 15) is 4.79 Å². The molecule has 2 rings (SSSR count). The Labute approximate surface area is 141 Å². The van der Waals surface area contributed by atoms with E-state index in [2.05, 4.69) is 10.3 Å². The summed E-state index contributed by atoms with van der Waals surface area (Å²) < 4.78 is 5.60. The normalized spacial score (nSPS) is 10.3. The summed E-state index contributed by atoms with van der Waals surface area (Å²) >= 11 is 6.06. The number of hydrogen-bond donors (Lipinski definition) is 1. The van der Waals surface area contributed by atoms with Crippen LogP contribution in [-0.2, 0) is 6.54 Å². The number of amides is 1. The first-order valence-corrected chi connectivity index (χ1v) is 7.73. The highest BCUT2D eigenvalue weighted by atomic mass is 35.5. The van der Waals surface area contributed by atoms with E-state index in [1.165, 1.54) is 0 Å². The van der Waals surface area contributed by atoms with E-state index >= 15 is 0 Å². The number of ether oxygens (including phenoxy) is 1. The molecule has 1 N–H and O–H groups in total. The van der Waals surface area contributed by atoms with Crippen LogP contribution in [0.2, 0.25) is 5.02 Å². The smallest absolute Gasteiger partial charge is 0.254 e. The van der Waals surface area contributed by atoms with Crippen molar-refractivity contribution in [3.8, 4) is 5.75 Å². The number of halogens is 1. The summed E-state index contributed by atoms with van der Waals surface area (Å²) in [7, 11) is 3.51. The van der Waals surface area contributed by atoms with Gasteiger partial charge in [0.15, 0.2) is 0 Å². The van der Waals surface area contributed by atoms with Gasteiger partial charge in [0.2, 0.25) is 0 Å². The van der Waals surface area contributed by atoms with Gasteiger partial charge in [-0.3, -0.25) is 4.79 Å². The van der Waals surface area contributed by atoms with Crippen molar-refractivity contribution < 1.29 is 9.53 Å². The minimum atomic E-state index is -0.0914. The number of rotatable bonds is 6. The van der Waals surface area contributed by atoms with E-state index in [1.807, 2.05) is 19.1 Å². The highest BCUT2D eigenvalue weighted by Gasteiger charge is 2.15. The van der Waals surface area contributed by atoms with Crippen LogP contribution in [-0.4, -0.2) is 36.5 Å². The molecule has 0 aliphatic heterocycles. The van der Waals surface area contributed by atoms with Gasteiger partial charge in [0.25, 0.3) is 5.91 Å². The summed E-state index contributed by atoms with van der Waals surface area (Å²) in [4.78, 5) is 18.3. The Morgan fingerprint density at radius 1 is 1.35 bits per heavy atom. The van der Waals surface area contributed by atoms with Crippen LogP contribution in [0.15, 0.2) is 36.5 Å². The van der Waals surface area contributed by atoms with Crippen LogP contribution in [0.3, 0.4) is 0 Å². The lowest BCUT2D eigenvalue weighted by Gasteiger charge is -2.20. The van der Waals surface area contributed by atoms with E-state index in [0.29, 0.717) is 29.6 Å². The molecule has 2 aromatic rings. The zero-order valence-corrected chi connectivity index (χ0v) is 14.2. The van der Waals surface area contributed by atoms with Gasteiger partial charge in [0.1, 0.15) is 11.6 Å². The molecule has 1 amide bonds. The summed E-state index contributed by atoms with van der Waals surface area (Å²) in [5, 5.41) is 3.54. The largest absolute Gasteiger partial charge is 0.494 e. The average molecular weight is 334 g/mol. The maximum Gasteiger partial charge on any atom is 0.254 e. The van der Waals surface area contributed by atoms with Crippen molar-refractivity contribution in [3.05, 3.63) is 52.7 Å². The molecule has 1 heterocycles. The van der Waals surface area contributed by atoms with Crippen LogP contribution in [0.4, 0.5) is 5.82 Å². The summed E-state index contributed by atoms with van der Waals surface area (Å²) in [6, 6.07) is 8.84. The summed E-state index contributed by atoms with van der Waals surface area (Å²) in [5.41, 5.74) is 1.45. The fourth-order valence-corrected chi connectivity index (χ4v) is 2.41. The molecule has 0 atom stereocenters. The van der Waals surface area contributed by atoms with Crippen LogP contribution >= 0.6 is 11.6 Å². The predicted octanol–water partition coefficient (Wildman–Crippen LogP) is 3.45. The number of nitrogens with zero attached hydrogens (tertiary/aromatic N) is 2. The topological polar surface area (TPSA) is 54.5 Å². The van der Waals surface area contributed by atoms with Gasteiger partial charge in [-0.25, -0.2) is 4.98 Å². The fraction of sp³-hybridized carbons (Fsp3) is 0.294.